The molecule has 0 spiro atoms. The number of aromatic carboxylic acids is 1. The summed E-state index contributed by atoms with van der Waals surface area (Å²) in [5.41, 5.74) is 2.48. The van der Waals surface area contributed by atoms with E-state index in [1.807, 2.05) is 26.8 Å². The van der Waals surface area contributed by atoms with E-state index in [1.54, 1.807) is 12.1 Å². The van der Waals surface area contributed by atoms with Crippen LogP contribution in [0.15, 0.2) is 18.2 Å². The van der Waals surface area contributed by atoms with E-state index in [2.05, 4.69) is 10.2 Å². The summed E-state index contributed by atoms with van der Waals surface area (Å²) in [7, 11) is 0. The highest BCUT2D eigenvalue weighted by atomic mass is 16.4. The van der Waals surface area contributed by atoms with Crippen LogP contribution >= 0.6 is 0 Å². The molecule has 0 saturated carbocycles. The van der Waals surface area contributed by atoms with E-state index in [9.17, 15) is 9.59 Å². The van der Waals surface area contributed by atoms with Gasteiger partial charge in [0.05, 0.1) is 11.6 Å². The molecular weight excluding hydrogens is 268 g/mol. The van der Waals surface area contributed by atoms with Gasteiger partial charge in [0.15, 0.2) is 0 Å². The number of nitrogens with zero attached hydrogens (tertiary/aromatic N) is 1. The van der Waals surface area contributed by atoms with Gasteiger partial charge in [-0.15, -0.1) is 0 Å². The molecule has 21 heavy (non-hydrogen) atoms. The number of carboxylic acids is 1. The maximum atomic E-state index is 12.1. The lowest BCUT2D eigenvalue weighted by atomic mass is 9.96. The number of hydrogen-bond donors (Lipinski definition) is 2. The zero-order valence-electron chi connectivity index (χ0n) is 12.7. The Morgan fingerprint density at radius 2 is 1.95 bits per heavy atom. The highest BCUT2D eigenvalue weighted by Gasteiger charge is 2.26. The molecule has 1 aliphatic heterocycles. The van der Waals surface area contributed by atoms with E-state index in [-0.39, 0.29) is 18.0 Å². The number of carbonyl (C=O) groups excluding carboxylic acids is 1. The van der Waals surface area contributed by atoms with Crippen molar-refractivity contribution in [1.82, 2.24) is 10.2 Å². The number of amides is 1. The van der Waals surface area contributed by atoms with Gasteiger partial charge in [-0.25, -0.2) is 4.79 Å². The van der Waals surface area contributed by atoms with Crippen LogP contribution in [0.4, 0.5) is 0 Å². The van der Waals surface area contributed by atoms with Crippen molar-refractivity contribution in [2.45, 2.75) is 45.8 Å². The maximum absolute atomic E-state index is 12.1. The van der Waals surface area contributed by atoms with Crippen molar-refractivity contribution in [3.8, 4) is 0 Å². The number of rotatable bonds is 4. The molecule has 1 aromatic carbocycles. The molecule has 0 radical (unpaired) electrons. The summed E-state index contributed by atoms with van der Waals surface area (Å²) < 4.78 is 0. The van der Waals surface area contributed by atoms with Crippen LogP contribution in [0.3, 0.4) is 0 Å². The number of fused-ring (bicyclic) bond motifs is 1. The zero-order valence-corrected chi connectivity index (χ0v) is 12.7. The van der Waals surface area contributed by atoms with Crippen LogP contribution in [0.25, 0.3) is 0 Å². The molecule has 5 heteroatoms. The summed E-state index contributed by atoms with van der Waals surface area (Å²) in [4.78, 5) is 25.2. The van der Waals surface area contributed by atoms with Gasteiger partial charge in [0.1, 0.15) is 0 Å². The summed E-state index contributed by atoms with van der Waals surface area (Å²) in [6.07, 6.45) is 0.842. The summed E-state index contributed by atoms with van der Waals surface area (Å²) in [5, 5.41) is 12.0. The first-order chi connectivity index (χ1) is 9.88. The lowest BCUT2D eigenvalue weighted by molar-refractivity contribution is -0.126. The molecule has 0 saturated heterocycles. The zero-order chi connectivity index (χ0) is 15.6. The van der Waals surface area contributed by atoms with Crippen LogP contribution < -0.4 is 5.32 Å². The number of nitrogens with one attached hydrogen (secondary N) is 1. The molecule has 1 aliphatic rings. The van der Waals surface area contributed by atoms with Gasteiger partial charge < -0.3 is 10.4 Å². The lowest BCUT2D eigenvalue weighted by Gasteiger charge is -2.33. The highest BCUT2D eigenvalue weighted by Crippen LogP contribution is 2.22. The average molecular weight is 290 g/mol. The molecule has 2 rings (SSSR count). The Kier molecular flexibility index (Phi) is 4.63. The molecule has 0 bridgehead atoms. The number of carboxylic acid groups (broad SMARTS) is 1. The second-order valence-corrected chi connectivity index (χ2v) is 5.85. The van der Waals surface area contributed by atoms with Gasteiger partial charge >= 0.3 is 5.97 Å². The molecule has 1 aromatic rings. The second-order valence-electron chi connectivity index (χ2n) is 5.85. The van der Waals surface area contributed by atoms with E-state index >= 15 is 0 Å². The summed E-state index contributed by atoms with van der Waals surface area (Å²) >= 11 is 0. The molecule has 1 heterocycles. The van der Waals surface area contributed by atoms with Crippen molar-refractivity contribution in [3.63, 3.8) is 0 Å². The third kappa shape index (κ3) is 3.61. The van der Waals surface area contributed by atoms with E-state index in [4.69, 9.17) is 5.11 Å². The van der Waals surface area contributed by atoms with E-state index in [0.717, 1.165) is 18.5 Å². The summed E-state index contributed by atoms with van der Waals surface area (Å²) in [6, 6.07) is 5.15. The van der Waals surface area contributed by atoms with Crippen LogP contribution in [0, 0.1) is 0 Å². The van der Waals surface area contributed by atoms with Gasteiger partial charge in [-0.05, 0) is 50.5 Å². The molecule has 1 unspecified atom stereocenters. The quantitative estimate of drug-likeness (QED) is 0.885. The van der Waals surface area contributed by atoms with Crippen molar-refractivity contribution >= 4 is 11.9 Å². The third-order valence-corrected chi connectivity index (χ3v) is 3.85. The van der Waals surface area contributed by atoms with Crippen molar-refractivity contribution in [1.29, 1.82) is 0 Å². The van der Waals surface area contributed by atoms with Crippen LogP contribution in [0.2, 0.25) is 0 Å². The first-order valence-corrected chi connectivity index (χ1v) is 7.28. The van der Waals surface area contributed by atoms with Gasteiger partial charge in [-0.2, -0.15) is 0 Å². The van der Waals surface area contributed by atoms with Gasteiger partial charge in [-0.1, -0.05) is 6.07 Å². The topological polar surface area (TPSA) is 69.6 Å². The van der Waals surface area contributed by atoms with Gasteiger partial charge in [0, 0.05) is 19.1 Å². The second kappa shape index (κ2) is 6.26. The Morgan fingerprint density at radius 3 is 2.57 bits per heavy atom. The number of carbonyl (C=O) groups is 2. The van der Waals surface area contributed by atoms with Crippen LogP contribution in [-0.2, 0) is 17.8 Å². The standard InChI is InChI=1S/C16H22N2O3/c1-10(2)17-15(19)11(3)18-7-6-12-4-5-13(16(20)21)8-14(12)9-18/h4-5,8,10-11H,6-7,9H2,1-3H3,(H,17,19)(H,20,21). The molecule has 114 valence electrons. The maximum Gasteiger partial charge on any atom is 0.335 e. The SMILES string of the molecule is CC(C)NC(=O)C(C)N1CCc2ccc(C(=O)O)cc2C1. The number of hydrogen-bond acceptors (Lipinski definition) is 3. The predicted octanol–water partition coefficient (Wildman–Crippen LogP) is 1.66. The highest BCUT2D eigenvalue weighted by molar-refractivity contribution is 5.88. The van der Waals surface area contributed by atoms with Crippen LogP contribution in [0.1, 0.15) is 42.3 Å². The van der Waals surface area contributed by atoms with Crippen molar-refractivity contribution < 1.29 is 14.7 Å². The molecule has 5 nitrogen and oxygen atoms in total. The minimum Gasteiger partial charge on any atom is -0.478 e. The molecule has 0 aliphatic carbocycles. The Labute approximate surface area is 125 Å². The predicted molar refractivity (Wildman–Crippen MR) is 80.3 cm³/mol. The van der Waals surface area contributed by atoms with E-state index < -0.39 is 5.97 Å². The Balaban J connectivity index is 2.12. The monoisotopic (exact) mass is 290 g/mol. The van der Waals surface area contributed by atoms with Gasteiger partial charge in [0.25, 0.3) is 0 Å². The molecule has 2 N–H and O–H groups in total. The Morgan fingerprint density at radius 1 is 1.24 bits per heavy atom. The number of benzene rings is 1. The first kappa shape index (κ1) is 15.5. The van der Waals surface area contributed by atoms with Crippen LogP contribution in [0.5, 0.6) is 0 Å². The fourth-order valence-electron chi connectivity index (χ4n) is 2.61. The summed E-state index contributed by atoms with van der Waals surface area (Å²) in [5.74, 6) is -0.900. The third-order valence-electron chi connectivity index (χ3n) is 3.85. The fourth-order valence-corrected chi connectivity index (χ4v) is 2.61. The minimum absolute atomic E-state index is 0.0165. The van der Waals surface area contributed by atoms with E-state index in [0.29, 0.717) is 12.1 Å². The Hall–Kier alpha value is -1.88. The van der Waals surface area contributed by atoms with Crippen molar-refractivity contribution in [2.75, 3.05) is 6.54 Å². The van der Waals surface area contributed by atoms with Crippen molar-refractivity contribution in [3.05, 3.63) is 34.9 Å². The molecule has 1 amide bonds. The van der Waals surface area contributed by atoms with E-state index in [1.165, 1.54) is 5.56 Å². The van der Waals surface area contributed by atoms with Crippen LogP contribution in [-0.4, -0.2) is 40.5 Å². The minimum atomic E-state index is -0.916. The molecular formula is C16H22N2O3. The average Bonchev–Trinajstić information content (AvgIpc) is 2.44. The summed E-state index contributed by atoms with van der Waals surface area (Å²) in [6.45, 7) is 7.20. The van der Waals surface area contributed by atoms with Gasteiger partial charge in [-0.3, -0.25) is 9.69 Å². The fraction of sp³-hybridized carbons (Fsp3) is 0.500. The lowest BCUT2D eigenvalue weighted by Crippen LogP contribution is -2.48. The Bertz CT molecular complexity index is 554. The first-order valence-electron chi connectivity index (χ1n) is 7.28. The molecule has 1 atom stereocenters. The molecule has 0 aromatic heterocycles. The van der Waals surface area contributed by atoms with Gasteiger partial charge in [0.2, 0.25) is 5.91 Å². The molecule has 0 fully saturated rings. The normalized spacial score (nSPS) is 16.4. The smallest absolute Gasteiger partial charge is 0.335 e. The van der Waals surface area contributed by atoms with Crippen molar-refractivity contribution in [2.24, 2.45) is 0 Å². The largest absolute Gasteiger partial charge is 0.478 e.